The van der Waals surface area contributed by atoms with Gasteiger partial charge in [0.2, 0.25) is 11.8 Å². The van der Waals surface area contributed by atoms with Crippen molar-refractivity contribution in [3.05, 3.63) is 11.7 Å². The molecule has 21 heavy (non-hydrogen) atoms. The van der Waals surface area contributed by atoms with Crippen LogP contribution in [0.5, 0.6) is 0 Å². The van der Waals surface area contributed by atoms with Crippen molar-refractivity contribution in [2.75, 3.05) is 33.4 Å². The Kier molecular flexibility index (Phi) is 4.21. The van der Waals surface area contributed by atoms with Crippen LogP contribution < -0.4 is 0 Å². The molecule has 2 aliphatic heterocycles. The van der Waals surface area contributed by atoms with Gasteiger partial charge in [-0.3, -0.25) is 9.69 Å². The zero-order valence-electron chi connectivity index (χ0n) is 12.6. The molecule has 0 N–H and O–H groups in total. The van der Waals surface area contributed by atoms with Crippen LogP contribution in [-0.2, 0) is 16.0 Å². The molecule has 1 aromatic rings. The summed E-state index contributed by atoms with van der Waals surface area (Å²) in [5, 5.41) is 3.72. The molecule has 7 heteroatoms. The molecular weight excluding hydrogens is 272 g/mol. The third-order valence-electron chi connectivity index (χ3n) is 4.41. The summed E-state index contributed by atoms with van der Waals surface area (Å²) in [7, 11) is 1.73. The Labute approximate surface area is 124 Å². The highest BCUT2D eigenvalue weighted by Crippen LogP contribution is 2.30. The van der Waals surface area contributed by atoms with E-state index in [1.165, 1.54) is 0 Å². The number of likely N-dealkylation sites (tertiary alicyclic amines) is 1. The van der Waals surface area contributed by atoms with Gasteiger partial charge in [0.1, 0.15) is 6.42 Å². The fourth-order valence-corrected chi connectivity index (χ4v) is 3.41. The number of hydrogen-bond donors (Lipinski definition) is 0. The number of methoxy groups -OCH3 is 1. The van der Waals surface area contributed by atoms with Gasteiger partial charge in [0, 0.05) is 38.8 Å². The minimum Gasteiger partial charge on any atom is -0.383 e. The van der Waals surface area contributed by atoms with Crippen LogP contribution in [0.25, 0.3) is 0 Å². The second-order valence-electron chi connectivity index (χ2n) is 5.83. The second kappa shape index (κ2) is 6.11. The van der Waals surface area contributed by atoms with Crippen LogP contribution in [-0.4, -0.2) is 71.3 Å². The standard InChI is InChI=1S/C14H22N4O3/c1-10-15-13(21-16-10)7-14(19)17-8-11-3-4-12(9-17)18(11)5-6-20-2/h11-12H,3-9H2,1-2H3. The number of fused-ring (bicyclic) bond motifs is 2. The molecule has 0 radical (unpaired) electrons. The van der Waals surface area contributed by atoms with Gasteiger partial charge in [-0.05, 0) is 19.8 Å². The number of aryl methyl sites for hydroxylation is 1. The van der Waals surface area contributed by atoms with Crippen molar-refractivity contribution in [3.8, 4) is 0 Å². The minimum atomic E-state index is 0.0851. The zero-order valence-corrected chi connectivity index (χ0v) is 12.6. The maximum atomic E-state index is 12.4. The Morgan fingerprint density at radius 3 is 2.67 bits per heavy atom. The molecule has 1 aromatic heterocycles. The minimum absolute atomic E-state index is 0.0851. The summed E-state index contributed by atoms with van der Waals surface area (Å²) in [5.41, 5.74) is 0. The van der Waals surface area contributed by atoms with Gasteiger partial charge in [-0.1, -0.05) is 5.16 Å². The van der Waals surface area contributed by atoms with E-state index in [-0.39, 0.29) is 12.3 Å². The van der Waals surface area contributed by atoms with Gasteiger partial charge in [-0.15, -0.1) is 0 Å². The molecule has 2 atom stereocenters. The molecule has 2 bridgehead atoms. The first kappa shape index (κ1) is 14.5. The first-order chi connectivity index (χ1) is 10.2. The molecule has 1 amide bonds. The number of hydrogen-bond acceptors (Lipinski definition) is 6. The molecule has 3 heterocycles. The monoisotopic (exact) mass is 294 g/mol. The number of piperazine rings is 1. The lowest BCUT2D eigenvalue weighted by Gasteiger charge is -2.40. The first-order valence-corrected chi connectivity index (χ1v) is 7.49. The fourth-order valence-electron chi connectivity index (χ4n) is 3.41. The smallest absolute Gasteiger partial charge is 0.236 e. The lowest BCUT2D eigenvalue weighted by Crippen LogP contribution is -2.56. The summed E-state index contributed by atoms with van der Waals surface area (Å²) in [4.78, 5) is 20.9. The molecular formula is C14H22N4O3. The number of nitrogens with zero attached hydrogens (tertiary/aromatic N) is 4. The molecule has 3 rings (SSSR count). The van der Waals surface area contributed by atoms with Crippen molar-refractivity contribution in [3.63, 3.8) is 0 Å². The van der Waals surface area contributed by atoms with Crippen molar-refractivity contribution >= 4 is 5.91 Å². The Bertz CT molecular complexity index is 490. The van der Waals surface area contributed by atoms with Gasteiger partial charge in [0.05, 0.1) is 6.61 Å². The van der Waals surface area contributed by atoms with Crippen LogP contribution in [0.15, 0.2) is 4.52 Å². The van der Waals surface area contributed by atoms with Crippen LogP contribution in [0, 0.1) is 6.92 Å². The predicted octanol–water partition coefficient (Wildman–Crippen LogP) is 0.242. The number of carbonyl (C=O) groups excluding carboxylic acids is 1. The highest BCUT2D eigenvalue weighted by Gasteiger charge is 2.40. The highest BCUT2D eigenvalue weighted by molar-refractivity contribution is 5.78. The van der Waals surface area contributed by atoms with Gasteiger partial charge >= 0.3 is 0 Å². The second-order valence-corrected chi connectivity index (χ2v) is 5.83. The van der Waals surface area contributed by atoms with Gasteiger partial charge in [0.25, 0.3) is 0 Å². The summed E-state index contributed by atoms with van der Waals surface area (Å²) in [6.45, 7) is 5.06. The lowest BCUT2D eigenvalue weighted by atomic mass is 10.1. The maximum absolute atomic E-state index is 12.4. The molecule has 116 valence electrons. The summed E-state index contributed by atoms with van der Waals surface area (Å²) in [6.07, 6.45) is 2.54. The van der Waals surface area contributed by atoms with E-state index in [0.29, 0.717) is 23.8 Å². The molecule has 0 saturated carbocycles. The van der Waals surface area contributed by atoms with Crippen molar-refractivity contribution in [1.82, 2.24) is 19.9 Å². The molecule has 2 fully saturated rings. The van der Waals surface area contributed by atoms with E-state index >= 15 is 0 Å². The number of carbonyl (C=O) groups is 1. The normalized spacial score (nSPS) is 25.5. The Morgan fingerprint density at radius 2 is 2.10 bits per heavy atom. The first-order valence-electron chi connectivity index (χ1n) is 7.49. The van der Waals surface area contributed by atoms with E-state index in [4.69, 9.17) is 9.26 Å². The van der Waals surface area contributed by atoms with E-state index in [2.05, 4.69) is 15.0 Å². The van der Waals surface area contributed by atoms with Crippen LogP contribution in [0.3, 0.4) is 0 Å². The quantitative estimate of drug-likeness (QED) is 0.775. The van der Waals surface area contributed by atoms with Crippen LogP contribution in [0.4, 0.5) is 0 Å². The average molecular weight is 294 g/mol. The van der Waals surface area contributed by atoms with E-state index in [1.54, 1.807) is 14.0 Å². The molecule has 0 aliphatic carbocycles. The number of rotatable bonds is 5. The molecule has 0 spiro atoms. The van der Waals surface area contributed by atoms with Crippen molar-refractivity contribution < 1.29 is 14.1 Å². The van der Waals surface area contributed by atoms with Gasteiger partial charge in [0.15, 0.2) is 5.82 Å². The third kappa shape index (κ3) is 3.08. The van der Waals surface area contributed by atoms with E-state index < -0.39 is 0 Å². The van der Waals surface area contributed by atoms with E-state index in [0.717, 1.165) is 39.1 Å². The SMILES string of the molecule is COCCN1C2CCC1CN(C(=O)Cc1nc(C)no1)C2. The zero-order chi connectivity index (χ0) is 14.8. The van der Waals surface area contributed by atoms with Gasteiger partial charge in [-0.25, -0.2) is 0 Å². The van der Waals surface area contributed by atoms with E-state index in [1.807, 2.05) is 4.90 Å². The summed E-state index contributed by atoms with van der Waals surface area (Å²) >= 11 is 0. The van der Waals surface area contributed by atoms with E-state index in [9.17, 15) is 4.79 Å². The molecule has 0 aromatic carbocycles. The Morgan fingerprint density at radius 1 is 1.38 bits per heavy atom. The molecule has 2 unspecified atom stereocenters. The van der Waals surface area contributed by atoms with Crippen molar-refractivity contribution in [2.24, 2.45) is 0 Å². The lowest BCUT2D eigenvalue weighted by molar-refractivity contribution is -0.134. The maximum Gasteiger partial charge on any atom is 0.236 e. The molecule has 2 aliphatic rings. The van der Waals surface area contributed by atoms with Crippen molar-refractivity contribution in [2.45, 2.75) is 38.3 Å². The Balaban J connectivity index is 1.58. The highest BCUT2D eigenvalue weighted by atomic mass is 16.5. The fraction of sp³-hybridized carbons (Fsp3) is 0.786. The summed E-state index contributed by atoms with van der Waals surface area (Å²) in [5.74, 6) is 1.07. The molecule has 2 saturated heterocycles. The van der Waals surface area contributed by atoms with Crippen LogP contribution in [0.2, 0.25) is 0 Å². The number of aromatic nitrogens is 2. The summed E-state index contributed by atoms with van der Waals surface area (Å²) in [6, 6.07) is 0.930. The average Bonchev–Trinajstić information content (AvgIpc) is 2.96. The number of amides is 1. The van der Waals surface area contributed by atoms with Crippen LogP contribution >= 0.6 is 0 Å². The summed E-state index contributed by atoms with van der Waals surface area (Å²) < 4.78 is 10.2. The van der Waals surface area contributed by atoms with Gasteiger partial charge in [-0.2, -0.15) is 4.98 Å². The topological polar surface area (TPSA) is 71.7 Å². The van der Waals surface area contributed by atoms with Gasteiger partial charge < -0.3 is 14.2 Å². The predicted molar refractivity (Wildman–Crippen MR) is 74.7 cm³/mol. The van der Waals surface area contributed by atoms with Crippen LogP contribution in [0.1, 0.15) is 24.6 Å². The largest absolute Gasteiger partial charge is 0.383 e. The third-order valence-corrected chi connectivity index (χ3v) is 4.41. The van der Waals surface area contributed by atoms with Crippen molar-refractivity contribution in [1.29, 1.82) is 0 Å². The Hall–Kier alpha value is -1.47. The molecule has 7 nitrogen and oxygen atoms in total. The number of ether oxygens (including phenoxy) is 1.